The van der Waals surface area contributed by atoms with Crippen LogP contribution in [0.1, 0.15) is 25.3 Å². The average molecular weight is 255 g/mol. The number of hydrogen-bond acceptors (Lipinski definition) is 3. The molecule has 0 aliphatic carbocycles. The molecule has 3 aromatic rings. The van der Waals surface area contributed by atoms with E-state index in [-0.39, 0.29) is 0 Å². The van der Waals surface area contributed by atoms with Gasteiger partial charge in [-0.05, 0) is 22.8 Å². The van der Waals surface area contributed by atoms with Crippen LogP contribution in [0.4, 0.5) is 0 Å². The van der Waals surface area contributed by atoms with Crippen molar-refractivity contribution < 1.29 is 0 Å². The van der Waals surface area contributed by atoms with Crippen LogP contribution in [0.25, 0.3) is 22.3 Å². The first-order valence-electron chi connectivity index (χ1n) is 6.40. The van der Waals surface area contributed by atoms with Crippen molar-refractivity contribution in [1.29, 1.82) is 0 Å². The van der Waals surface area contributed by atoms with Gasteiger partial charge in [0.2, 0.25) is 5.82 Å². The zero-order valence-corrected chi connectivity index (χ0v) is 11.6. The molecule has 98 valence electrons. The van der Waals surface area contributed by atoms with Crippen molar-refractivity contribution in [2.24, 2.45) is 14.1 Å². The molecular weight excluding hydrogens is 238 g/mol. The fourth-order valence-corrected chi connectivity index (χ4v) is 2.53. The Morgan fingerprint density at radius 2 is 1.95 bits per heavy atom. The van der Waals surface area contributed by atoms with Gasteiger partial charge in [0.25, 0.3) is 0 Å². The molecule has 0 fully saturated rings. The molecule has 0 atom stereocenters. The maximum absolute atomic E-state index is 4.31. The molecule has 0 saturated heterocycles. The summed E-state index contributed by atoms with van der Waals surface area (Å²) in [7, 11) is 3.84. The lowest BCUT2D eigenvalue weighted by atomic mass is 10.0. The van der Waals surface area contributed by atoms with E-state index in [4.69, 9.17) is 0 Å². The molecule has 2 heterocycles. The molecule has 1 aromatic carbocycles. The molecule has 5 nitrogen and oxygen atoms in total. The summed E-state index contributed by atoms with van der Waals surface area (Å²) >= 11 is 0. The molecule has 5 heteroatoms. The first-order valence-corrected chi connectivity index (χ1v) is 6.40. The Bertz CT molecular complexity index is 735. The molecule has 0 amide bonds. The summed E-state index contributed by atoms with van der Waals surface area (Å²) in [4.78, 5) is 1.49. The Balaban J connectivity index is 2.32. The van der Waals surface area contributed by atoms with Gasteiger partial charge in [-0.2, -0.15) is 4.80 Å². The smallest absolute Gasteiger partial charge is 0.207 e. The third-order valence-electron chi connectivity index (χ3n) is 3.40. The van der Waals surface area contributed by atoms with E-state index in [0.29, 0.717) is 11.7 Å². The highest BCUT2D eigenvalue weighted by atomic mass is 15.6. The Kier molecular flexibility index (Phi) is 2.62. The predicted octanol–water partition coefficient (Wildman–Crippen LogP) is 2.49. The van der Waals surface area contributed by atoms with Crippen LogP contribution in [0.3, 0.4) is 0 Å². The number of rotatable bonds is 2. The summed E-state index contributed by atoms with van der Waals surface area (Å²) in [6, 6.07) is 6.26. The summed E-state index contributed by atoms with van der Waals surface area (Å²) < 4.78 is 2.15. The highest BCUT2D eigenvalue weighted by Gasteiger charge is 2.15. The van der Waals surface area contributed by atoms with Crippen LogP contribution in [-0.2, 0) is 14.1 Å². The Labute approximate surface area is 111 Å². The molecule has 0 radical (unpaired) electrons. The van der Waals surface area contributed by atoms with E-state index in [1.165, 1.54) is 21.3 Å². The highest BCUT2D eigenvalue weighted by molar-refractivity contribution is 5.95. The number of aromatic nitrogens is 5. The van der Waals surface area contributed by atoms with Crippen LogP contribution in [-0.4, -0.2) is 24.8 Å². The average Bonchev–Trinajstić information content (AvgIpc) is 2.94. The van der Waals surface area contributed by atoms with Crippen molar-refractivity contribution in [3.63, 3.8) is 0 Å². The van der Waals surface area contributed by atoms with Gasteiger partial charge in [-0.3, -0.25) is 0 Å². The molecule has 19 heavy (non-hydrogen) atoms. The molecule has 0 aliphatic rings. The Hall–Kier alpha value is -2.17. The number of benzene rings is 1. The maximum atomic E-state index is 4.31. The SMILES string of the molecule is CC(C)c1cn(C)c2c(-c3nnn(C)n3)cccc12. The normalized spacial score (nSPS) is 11.6. The van der Waals surface area contributed by atoms with E-state index in [1.54, 1.807) is 7.05 Å². The number of hydrogen-bond donors (Lipinski definition) is 0. The van der Waals surface area contributed by atoms with E-state index in [9.17, 15) is 0 Å². The van der Waals surface area contributed by atoms with Crippen molar-refractivity contribution >= 4 is 10.9 Å². The van der Waals surface area contributed by atoms with Crippen molar-refractivity contribution in [3.8, 4) is 11.4 Å². The molecule has 0 unspecified atom stereocenters. The van der Waals surface area contributed by atoms with E-state index in [0.717, 1.165) is 5.56 Å². The van der Waals surface area contributed by atoms with Crippen LogP contribution in [0, 0.1) is 0 Å². The van der Waals surface area contributed by atoms with Crippen molar-refractivity contribution in [3.05, 3.63) is 30.0 Å². The standard InChI is InChI=1S/C14H17N5/c1-9(2)12-8-18(3)13-10(12)6-5-7-11(13)14-15-17-19(4)16-14/h5-9H,1-4H3. The summed E-state index contributed by atoms with van der Waals surface area (Å²) in [6.07, 6.45) is 2.19. The molecule has 0 bridgehead atoms. The van der Waals surface area contributed by atoms with E-state index in [1.807, 2.05) is 6.07 Å². The second kappa shape index (κ2) is 4.19. The van der Waals surface area contributed by atoms with Gasteiger partial charge in [-0.25, -0.2) is 0 Å². The second-order valence-corrected chi connectivity index (χ2v) is 5.15. The number of aryl methyl sites for hydroxylation is 2. The monoisotopic (exact) mass is 255 g/mol. The molecule has 3 rings (SSSR count). The fraction of sp³-hybridized carbons (Fsp3) is 0.357. The zero-order valence-electron chi connectivity index (χ0n) is 11.6. The van der Waals surface area contributed by atoms with Gasteiger partial charge in [-0.15, -0.1) is 10.2 Å². The quantitative estimate of drug-likeness (QED) is 0.707. The van der Waals surface area contributed by atoms with Gasteiger partial charge >= 0.3 is 0 Å². The Morgan fingerprint density at radius 3 is 2.58 bits per heavy atom. The van der Waals surface area contributed by atoms with Crippen molar-refractivity contribution in [2.45, 2.75) is 19.8 Å². The van der Waals surface area contributed by atoms with Gasteiger partial charge in [-0.1, -0.05) is 26.0 Å². The number of fused-ring (bicyclic) bond motifs is 1. The van der Waals surface area contributed by atoms with Gasteiger partial charge in [0.1, 0.15) is 0 Å². The summed E-state index contributed by atoms with van der Waals surface area (Å²) in [6.45, 7) is 4.42. The number of tetrazole rings is 1. The fourth-order valence-electron chi connectivity index (χ4n) is 2.53. The van der Waals surface area contributed by atoms with Gasteiger partial charge in [0.05, 0.1) is 12.6 Å². The lowest BCUT2D eigenvalue weighted by molar-refractivity contribution is 0.630. The molecule has 0 aliphatic heterocycles. The summed E-state index contributed by atoms with van der Waals surface area (Å²) in [5.41, 5.74) is 3.54. The highest BCUT2D eigenvalue weighted by Crippen LogP contribution is 2.32. The molecule has 2 aromatic heterocycles. The van der Waals surface area contributed by atoms with Gasteiger partial charge in [0, 0.05) is 24.2 Å². The first kappa shape index (κ1) is 11.9. The van der Waals surface area contributed by atoms with Crippen LogP contribution in [0.2, 0.25) is 0 Å². The van der Waals surface area contributed by atoms with Crippen LogP contribution in [0.5, 0.6) is 0 Å². The lowest BCUT2D eigenvalue weighted by Gasteiger charge is -2.03. The topological polar surface area (TPSA) is 48.5 Å². The van der Waals surface area contributed by atoms with Crippen LogP contribution >= 0.6 is 0 Å². The van der Waals surface area contributed by atoms with E-state index < -0.39 is 0 Å². The van der Waals surface area contributed by atoms with E-state index in [2.05, 4.69) is 59.2 Å². The third kappa shape index (κ3) is 1.82. The molecule has 0 N–H and O–H groups in total. The summed E-state index contributed by atoms with van der Waals surface area (Å²) in [5, 5.41) is 13.6. The maximum Gasteiger partial charge on any atom is 0.207 e. The second-order valence-electron chi connectivity index (χ2n) is 5.15. The minimum atomic E-state index is 0.494. The van der Waals surface area contributed by atoms with Gasteiger partial charge in [0.15, 0.2) is 0 Å². The minimum absolute atomic E-state index is 0.494. The lowest BCUT2D eigenvalue weighted by Crippen LogP contribution is -1.93. The molecule has 0 spiro atoms. The number of nitrogens with zero attached hydrogens (tertiary/aromatic N) is 5. The number of para-hydroxylation sites is 1. The largest absolute Gasteiger partial charge is 0.350 e. The minimum Gasteiger partial charge on any atom is -0.350 e. The van der Waals surface area contributed by atoms with Crippen molar-refractivity contribution in [1.82, 2.24) is 24.8 Å². The predicted molar refractivity (Wildman–Crippen MR) is 74.8 cm³/mol. The van der Waals surface area contributed by atoms with Crippen molar-refractivity contribution in [2.75, 3.05) is 0 Å². The Morgan fingerprint density at radius 1 is 1.16 bits per heavy atom. The third-order valence-corrected chi connectivity index (χ3v) is 3.40. The van der Waals surface area contributed by atoms with E-state index >= 15 is 0 Å². The molecular formula is C14H17N5. The van der Waals surface area contributed by atoms with Crippen LogP contribution in [0.15, 0.2) is 24.4 Å². The van der Waals surface area contributed by atoms with Gasteiger partial charge < -0.3 is 4.57 Å². The molecule has 0 saturated carbocycles. The summed E-state index contributed by atoms with van der Waals surface area (Å²) in [5.74, 6) is 1.17. The zero-order chi connectivity index (χ0) is 13.6. The van der Waals surface area contributed by atoms with Crippen LogP contribution < -0.4 is 0 Å². The first-order chi connectivity index (χ1) is 9.08.